The van der Waals surface area contributed by atoms with Gasteiger partial charge in [0.05, 0.1) is 0 Å². The molecule has 0 aliphatic carbocycles. The maximum Gasteiger partial charge on any atom is 0.0347 e. The first-order chi connectivity index (χ1) is 43.9. The van der Waals surface area contributed by atoms with Crippen LogP contribution in [0.5, 0.6) is 0 Å². The van der Waals surface area contributed by atoms with Crippen molar-refractivity contribution in [3.05, 3.63) is 297 Å². The minimum absolute atomic E-state index is 0.0599. The van der Waals surface area contributed by atoms with Gasteiger partial charge in [0.1, 0.15) is 0 Å². The Morgan fingerprint density at radius 3 is 0.739 bits per heavy atom. The van der Waals surface area contributed by atoms with Crippen molar-refractivity contribution in [2.24, 2.45) is 0 Å². The van der Waals surface area contributed by atoms with Gasteiger partial charge in [-0.3, -0.25) is 0 Å². The third-order valence-electron chi connectivity index (χ3n) is 17.6. The van der Waals surface area contributed by atoms with Gasteiger partial charge in [-0.2, -0.15) is 0 Å². The maximum absolute atomic E-state index is 8.67. The molecular formula is C92H114. The lowest BCUT2D eigenvalue weighted by Crippen LogP contribution is -2.17. The van der Waals surface area contributed by atoms with E-state index >= 15 is 0 Å². The van der Waals surface area contributed by atoms with Gasteiger partial charge in [-0.25, -0.2) is 0 Å². The molecule has 0 heterocycles. The van der Waals surface area contributed by atoms with E-state index in [9.17, 15) is 0 Å². The average molecular weight is 1220 g/mol. The van der Waals surface area contributed by atoms with Crippen molar-refractivity contribution in [2.75, 3.05) is 0 Å². The maximum atomic E-state index is 8.67. The minimum atomic E-state index is -0.607. The van der Waals surface area contributed by atoms with Crippen LogP contribution in [0.2, 0.25) is 0 Å². The highest BCUT2D eigenvalue weighted by Crippen LogP contribution is 2.41. The summed E-state index contributed by atoms with van der Waals surface area (Å²) in [6.45, 7) is 51.5. The van der Waals surface area contributed by atoms with Gasteiger partial charge in [0, 0.05) is 1.37 Å². The van der Waals surface area contributed by atoms with Gasteiger partial charge < -0.3 is 0 Å². The second-order valence-corrected chi connectivity index (χ2v) is 28.9. The Kier molecular flexibility index (Phi) is 26.6. The van der Waals surface area contributed by atoms with E-state index in [1.807, 2.05) is 26.0 Å². The van der Waals surface area contributed by atoms with E-state index in [2.05, 4.69) is 358 Å². The van der Waals surface area contributed by atoms with Crippen molar-refractivity contribution < 1.29 is 1.37 Å². The highest BCUT2D eigenvalue weighted by Gasteiger charge is 2.25. The largest absolute Gasteiger partial charge is 0.0622 e. The number of benzene rings is 10. The summed E-state index contributed by atoms with van der Waals surface area (Å²) in [7, 11) is 0. The lowest BCUT2D eigenvalue weighted by molar-refractivity contribution is 0.573. The lowest BCUT2D eigenvalue weighted by atomic mass is 9.75. The summed E-state index contributed by atoms with van der Waals surface area (Å²) in [6.07, 6.45) is 0. The molecule has 0 aromatic heterocycles. The van der Waals surface area contributed by atoms with E-state index in [-0.39, 0.29) is 5.41 Å². The smallest absolute Gasteiger partial charge is 0.0347 e. The van der Waals surface area contributed by atoms with Crippen molar-refractivity contribution in [2.45, 2.75) is 212 Å². The summed E-state index contributed by atoms with van der Waals surface area (Å²) < 4.78 is 8.67. The molecule has 0 fully saturated rings. The zero-order valence-corrected chi connectivity index (χ0v) is 60.9. The van der Waals surface area contributed by atoms with Crippen LogP contribution < -0.4 is 0 Å². The van der Waals surface area contributed by atoms with E-state index in [0.717, 1.165) is 5.56 Å². The molecule has 0 spiro atoms. The van der Waals surface area contributed by atoms with Crippen LogP contribution in [0.15, 0.2) is 224 Å². The number of aryl methyl sites for hydroxylation is 4. The predicted octanol–water partition coefficient (Wildman–Crippen LogP) is 28.3. The van der Waals surface area contributed by atoms with Gasteiger partial charge in [-0.15, -0.1) is 0 Å². The molecule has 0 bridgehead atoms. The molecule has 10 aromatic rings. The zero-order valence-electron chi connectivity index (χ0n) is 61.9. The second-order valence-electron chi connectivity index (χ2n) is 28.9. The number of rotatable bonds is 13. The van der Waals surface area contributed by atoms with Crippen LogP contribution in [0.1, 0.15) is 253 Å². The molecule has 0 N–H and O–H groups in total. The Hall–Kier alpha value is -7.80. The first-order valence-electron chi connectivity index (χ1n) is 34.8. The molecule has 92 heavy (non-hydrogen) atoms. The third-order valence-corrected chi connectivity index (χ3v) is 17.6. The molecule has 0 saturated heterocycles. The standard InChI is InChI=1S/C22H30.C21H28.2C17H20.C15H16/c1-15(2)19-13-18(17-11-9-8-10-12-17)14-20(22(5,6)7)21(19)16(3)4;1-14(2)19-12-18(17-10-8-7-9-11-17)13-20(15(3)4)21(19)16(5)6;2*1-12(2)17-13(3)10-16(11-14(17)4)15-8-6-5-7-9-15;1-12(2)13-8-10-15(11-9-13)14-6-4-3-5-7-14/h8-16H,1-7H3;7-16H,1-6H3;2*5-12H,1-4H3;3-12H,1-2H3/i15D;;;;. The van der Waals surface area contributed by atoms with Gasteiger partial charge in [0.2, 0.25) is 0 Å². The first-order valence-corrected chi connectivity index (χ1v) is 34.3. The van der Waals surface area contributed by atoms with Crippen LogP contribution in [0.4, 0.5) is 0 Å². The normalized spacial score (nSPS) is 11.6. The molecule has 10 rings (SSSR count). The van der Waals surface area contributed by atoms with E-state index in [1.165, 1.54) is 117 Å². The summed E-state index contributed by atoms with van der Waals surface area (Å²) in [5.41, 5.74) is 31.4. The highest BCUT2D eigenvalue weighted by molar-refractivity contribution is 5.71. The van der Waals surface area contributed by atoms with Gasteiger partial charge in [0.15, 0.2) is 0 Å². The monoisotopic (exact) mass is 1220 g/mol. The topological polar surface area (TPSA) is 0 Å². The fourth-order valence-corrected chi connectivity index (χ4v) is 13.3. The first kappa shape index (κ1) is 71.6. The molecule has 0 saturated carbocycles. The van der Waals surface area contributed by atoms with Gasteiger partial charge in [0.25, 0.3) is 0 Å². The van der Waals surface area contributed by atoms with Crippen LogP contribution in [0, 0.1) is 27.7 Å². The van der Waals surface area contributed by atoms with Crippen LogP contribution in [0.25, 0.3) is 55.6 Å². The van der Waals surface area contributed by atoms with Gasteiger partial charge in [-0.1, -0.05) is 356 Å². The number of hydrogen-bond donors (Lipinski definition) is 0. The minimum Gasteiger partial charge on any atom is -0.0622 e. The van der Waals surface area contributed by atoms with E-state index in [1.54, 1.807) is 5.56 Å². The predicted molar refractivity (Wildman–Crippen MR) is 410 cm³/mol. The Bertz CT molecular complexity index is 3670. The van der Waals surface area contributed by atoms with Crippen molar-refractivity contribution in [3.8, 4) is 55.6 Å². The summed E-state index contributed by atoms with van der Waals surface area (Å²) in [5.74, 6) is 3.30. The van der Waals surface area contributed by atoms with Crippen LogP contribution in [-0.4, -0.2) is 0 Å². The van der Waals surface area contributed by atoms with Crippen LogP contribution in [-0.2, 0) is 5.41 Å². The zero-order chi connectivity index (χ0) is 68.5. The average Bonchev–Trinajstić information content (AvgIpc) is 0.786. The number of hydrogen-bond acceptors (Lipinski definition) is 0. The van der Waals surface area contributed by atoms with Crippen molar-refractivity contribution >= 4 is 0 Å². The molecule has 0 aliphatic rings. The Labute approximate surface area is 562 Å². The molecule has 0 radical (unpaired) electrons. The Balaban J connectivity index is 0.000000186. The van der Waals surface area contributed by atoms with Crippen molar-refractivity contribution in [3.63, 3.8) is 0 Å². The molecule has 10 aromatic carbocycles. The highest BCUT2D eigenvalue weighted by atomic mass is 14.3. The molecule has 0 aliphatic heterocycles. The summed E-state index contributed by atoms with van der Waals surface area (Å²) in [5, 5.41) is 0. The molecule has 482 valence electrons. The molecule has 0 amide bonds. The molecule has 0 unspecified atom stereocenters. The van der Waals surface area contributed by atoms with E-state index < -0.39 is 5.89 Å². The Morgan fingerprint density at radius 1 is 0.239 bits per heavy atom. The molecule has 0 atom stereocenters. The second kappa shape index (κ2) is 34.2. The van der Waals surface area contributed by atoms with E-state index in [0.29, 0.717) is 41.4 Å². The fourth-order valence-electron chi connectivity index (χ4n) is 13.3. The summed E-state index contributed by atoms with van der Waals surface area (Å²) in [4.78, 5) is 0. The summed E-state index contributed by atoms with van der Waals surface area (Å²) in [6, 6.07) is 80.3. The Morgan fingerprint density at radius 2 is 0.489 bits per heavy atom. The molecule has 0 nitrogen and oxygen atoms in total. The van der Waals surface area contributed by atoms with Gasteiger partial charge >= 0.3 is 0 Å². The van der Waals surface area contributed by atoms with Crippen molar-refractivity contribution in [1.82, 2.24) is 0 Å². The van der Waals surface area contributed by atoms with Crippen LogP contribution >= 0.6 is 0 Å². The SMILES string of the molecule is CC(C)c1cc(-c2ccccc2)cc(C(C)C)c1C(C)C.CC(C)c1ccc(-c2ccccc2)cc1.Cc1cc(-c2ccccc2)cc(C)c1C(C)C.Cc1cc(-c2ccccc2)cc(C)c1C(C)C.[2H]C(C)(C)c1cc(-c2ccccc2)cc(C(C)(C)C)c1C(C)C. The summed E-state index contributed by atoms with van der Waals surface area (Å²) >= 11 is 0. The molecular weight excluding hydrogens is 1110 g/mol. The van der Waals surface area contributed by atoms with Crippen molar-refractivity contribution in [1.29, 1.82) is 0 Å². The fraction of sp³-hybridized carbons (Fsp3) is 0.348. The lowest BCUT2D eigenvalue weighted by Gasteiger charge is -2.29. The molecule has 0 heteroatoms. The quantitative estimate of drug-likeness (QED) is 0.108. The van der Waals surface area contributed by atoms with Crippen LogP contribution in [0.3, 0.4) is 0 Å². The van der Waals surface area contributed by atoms with E-state index in [4.69, 9.17) is 1.37 Å². The third kappa shape index (κ3) is 20.1. The van der Waals surface area contributed by atoms with Gasteiger partial charge in [-0.05, 0) is 208 Å².